The zero-order valence-electron chi connectivity index (χ0n) is 11.2. The van der Waals surface area contributed by atoms with Crippen LogP contribution in [-0.4, -0.2) is 24.5 Å². The van der Waals surface area contributed by atoms with Gasteiger partial charge in [-0.25, -0.2) is 4.79 Å². The number of hydrogen-bond donors (Lipinski definition) is 0. The first-order valence-corrected chi connectivity index (χ1v) is 5.95. The number of hydrogen-bond acceptors (Lipinski definition) is 6. The van der Waals surface area contributed by atoms with Crippen molar-refractivity contribution in [3.05, 3.63) is 52.9 Å². The largest absolute Gasteiger partial charge is 0.465 e. The number of carbonyl (C=O) groups excluding carboxylic acids is 1. The summed E-state index contributed by atoms with van der Waals surface area (Å²) in [6.07, 6.45) is 1.55. The molecule has 6 heteroatoms. The molecule has 0 amide bonds. The summed E-state index contributed by atoms with van der Waals surface area (Å²) in [5.74, 6) is 0.242. The molecule has 2 aromatic rings. The van der Waals surface area contributed by atoms with Gasteiger partial charge in [-0.1, -0.05) is 22.4 Å². The van der Waals surface area contributed by atoms with Crippen molar-refractivity contribution in [3.63, 3.8) is 0 Å². The molecule has 104 valence electrons. The van der Waals surface area contributed by atoms with Gasteiger partial charge in [-0.15, -0.1) is 0 Å². The molecule has 0 saturated carbocycles. The number of carbonyl (C=O) groups is 1. The number of rotatable bonds is 5. The predicted molar refractivity (Wildman–Crippen MR) is 71.4 cm³/mol. The molecule has 0 aliphatic rings. The molecule has 0 aliphatic carbocycles. The van der Waals surface area contributed by atoms with E-state index in [1.165, 1.54) is 7.11 Å². The summed E-state index contributed by atoms with van der Waals surface area (Å²) in [7, 11) is 1.34. The molecule has 1 aromatic heterocycles. The van der Waals surface area contributed by atoms with E-state index >= 15 is 0 Å². The first kappa shape index (κ1) is 13.8. The molecule has 0 spiro atoms. The summed E-state index contributed by atoms with van der Waals surface area (Å²) < 4.78 is 9.58. The fraction of sp³-hybridized carbons (Fsp3) is 0.214. The highest BCUT2D eigenvalue weighted by atomic mass is 16.6. The lowest BCUT2D eigenvalue weighted by atomic mass is 10.1. The molecule has 0 radical (unpaired) electrons. The van der Waals surface area contributed by atoms with Gasteiger partial charge in [0.05, 0.1) is 24.6 Å². The van der Waals surface area contributed by atoms with Crippen LogP contribution in [0.5, 0.6) is 0 Å². The molecule has 0 saturated heterocycles. The summed E-state index contributed by atoms with van der Waals surface area (Å²) in [5.41, 5.74) is 2.10. The number of ether oxygens (including phenoxy) is 1. The SMILES string of the molecule is COC(=O)c1ccc(/C=N/OCc2cc(C)no2)cc1. The quantitative estimate of drug-likeness (QED) is 0.475. The third-order valence-electron chi connectivity index (χ3n) is 2.49. The fourth-order valence-electron chi connectivity index (χ4n) is 1.51. The summed E-state index contributed by atoms with van der Waals surface area (Å²) in [5, 5.41) is 7.55. The molecule has 1 heterocycles. The van der Waals surface area contributed by atoms with Gasteiger partial charge in [0.15, 0.2) is 12.4 Å². The van der Waals surface area contributed by atoms with Crippen LogP contribution in [0.4, 0.5) is 0 Å². The first-order chi connectivity index (χ1) is 9.69. The van der Waals surface area contributed by atoms with Gasteiger partial charge in [0, 0.05) is 6.07 Å². The van der Waals surface area contributed by atoms with Crippen molar-refractivity contribution in [1.29, 1.82) is 0 Å². The lowest BCUT2D eigenvalue weighted by Gasteiger charge is -1.99. The lowest BCUT2D eigenvalue weighted by Crippen LogP contribution is -2.00. The van der Waals surface area contributed by atoms with E-state index in [1.54, 1.807) is 36.5 Å². The van der Waals surface area contributed by atoms with Crippen molar-refractivity contribution in [1.82, 2.24) is 5.16 Å². The van der Waals surface area contributed by atoms with Crippen LogP contribution in [0.15, 0.2) is 40.0 Å². The Bertz CT molecular complexity index is 602. The Morgan fingerprint density at radius 2 is 2.15 bits per heavy atom. The van der Waals surface area contributed by atoms with Gasteiger partial charge in [-0.2, -0.15) is 0 Å². The normalized spacial score (nSPS) is 10.7. The zero-order valence-corrected chi connectivity index (χ0v) is 11.2. The molecule has 0 unspecified atom stereocenters. The van der Waals surface area contributed by atoms with E-state index in [0.717, 1.165) is 11.3 Å². The van der Waals surface area contributed by atoms with Crippen LogP contribution in [0.1, 0.15) is 27.4 Å². The summed E-state index contributed by atoms with van der Waals surface area (Å²) >= 11 is 0. The number of methoxy groups -OCH3 is 1. The predicted octanol–water partition coefficient (Wildman–Crippen LogP) is 2.32. The van der Waals surface area contributed by atoms with Crippen LogP contribution in [0.25, 0.3) is 0 Å². The van der Waals surface area contributed by atoms with Crippen molar-refractivity contribution in [2.75, 3.05) is 7.11 Å². The van der Waals surface area contributed by atoms with Crippen LogP contribution in [0, 0.1) is 6.92 Å². The summed E-state index contributed by atoms with van der Waals surface area (Å²) in [4.78, 5) is 16.3. The molecule has 0 bridgehead atoms. The molecule has 2 rings (SSSR count). The second-order valence-corrected chi connectivity index (χ2v) is 4.06. The highest BCUT2D eigenvalue weighted by molar-refractivity contribution is 5.90. The second-order valence-electron chi connectivity index (χ2n) is 4.06. The maximum atomic E-state index is 11.2. The Kier molecular flexibility index (Phi) is 4.49. The molecular formula is C14H14N2O4. The minimum atomic E-state index is -0.370. The standard InChI is InChI=1S/C14H14N2O4/c1-10-7-13(20-16-10)9-19-15-8-11-3-5-12(6-4-11)14(17)18-2/h3-8H,9H2,1-2H3/b15-8+. The van der Waals surface area contributed by atoms with E-state index in [9.17, 15) is 4.79 Å². The van der Waals surface area contributed by atoms with Crippen LogP contribution in [-0.2, 0) is 16.2 Å². The molecule has 20 heavy (non-hydrogen) atoms. The Balaban J connectivity index is 1.86. The number of aryl methyl sites for hydroxylation is 1. The van der Waals surface area contributed by atoms with Gasteiger partial charge >= 0.3 is 5.97 Å². The molecule has 0 aliphatic heterocycles. The Hall–Kier alpha value is -2.63. The molecule has 6 nitrogen and oxygen atoms in total. The fourth-order valence-corrected chi connectivity index (χ4v) is 1.51. The zero-order chi connectivity index (χ0) is 14.4. The minimum absolute atomic E-state index is 0.220. The minimum Gasteiger partial charge on any atom is -0.465 e. The van der Waals surface area contributed by atoms with Crippen LogP contribution < -0.4 is 0 Å². The monoisotopic (exact) mass is 274 g/mol. The molecule has 0 atom stereocenters. The van der Waals surface area contributed by atoms with E-state index in [4.69, 9.17) is 9.36 Å². The van der Waals surface area contributed by atoms with Crippen LogP contribution in [0.3, 0.4) is 0 Å². The number of esters is 1. The highest BCUT2D eigenvalue weighted by Crippen LogP contribution is 2.05. The van der Waals surface area contributed by atoms with E-state index < -0.39 is 0 Å². The second kappa shape index (κ2) is 6.51. The molecular weight excluding hydrogens is 260 g/mol. The van der Waals surface area contributed by atoms with Gasteiger partial charge < -0.3 is 14.1 Å². The van der Waals surface area contributed by atoms with E-state index in [0.29, 0.717) is 11.3 Å². The summed E-state index contributed by atoms with van der Waals surface area (Å²) in [6.45, 7) is 2.05. The van der Waals surface area contributed by atoms with Crippen LogP contribution >= 0.6 is 0 Å². The van der Waals surface area contributed by atoms with Gasteiger partial charge in [0.25, 0.3) is 0 Å². The maximum absolute atomic E-state index is 11.2. The van der Waals surface area contributed by atoms with E-state index in [-0.39, 0.29) is 12.6 Å². The van der Waals surface area contributed by atoms with Gasteiger partial charge in [-0.05, 0) is 24.6 Å². The van der Waals surface area contributed by atoms with Crippen molar-refractivity contribution in [2.45, 2.75) is 13.5 Å². The van der Waals surface area contributed by atoms with Crippen molar-refractivity contribution in [3.8, 4) is 0 Å². The average molecular weight is 274 g/mol. The number of aromatic nitrogens is 1. The van der Waals surface area contributed by atoms with Gasteiger partial charge in [0.2, 0.25) is 0 Å². The number of oxime groups is 1. The maximum Gasteiger partial charge on any atom is 0.337 e. The Labute approximate surface area is 116 Å². The molecule has 0 N–H and O–H groups in total. The molecule has 0 fully saturated rings. The van der Waals surface area contributed by atoms with Crippen LogP contribution in [0.2, 0.25) is 0 Å². The first-order valence-electron chi connectivity index (χ1n) is 5.95. The van der Waals surface area contributed by atoms with Crippen molar-refractivity contribution >= 4 is 12.2 Å². The molecule has 1 aromatic carbocycles. The smallest absolute Gasteiger partial charge is 0.337 e. The van der Waals surface area contributed by atoms with Crippen molar-refractivity contribution < 1.29 is 18.9 Å². The Morgan fingerprint density at radius 3 is 2.75 bits per heavy atom. The van der Waals surface area contributed by atoms with Gasteiger partial charge in [0.1, 0.15) is 0 Å². The van der Waals surface area contributed by atoms with Gasteiger partial charge in [-0.3, -0.25) is 0 Å². The van der Waals surface area contributed by atoms with Crippen molar-refractivity contribution in [2.24, 2.45) is 5.16 Å². The van der Waals surface area contributed by atoms with E-state index in [2.05, 4.69) is 15.0 Å². The van der Waals surface area contributed by atoms with E-state index in [1.807, 2.05) is 6.92 Å². The number of nitrogens with zero attached hydrogens (tertiary/aromatic N) is 2. The Morgan fingerprint density at radius 1 is 1.40 bits per heavy atom. The lowest BCUT2D eigenvalue weighted by molar-refractivity contribution is 0.0600. The summed E-state index contributed by atoms with van der Waals surface area (Å²) in [6, 6.07) is 8.59. The average Bonchev–Trinajstić information content (AvgIpc) is 2.89. The topological polar surface area (TPSA) is 73.9 Å². The third-order valence-corrected chi connectivity index (χ3v) is 2.49. The number of benzene rings is 1. The highest BCUT2D eigenvalue weighted by Gasteiger charge is 2.03. The third kappa shape index (κ3) is 3.68.